The van der Waals surface area contributed by atoms with E-state index in [0.717, 1.165) is 40.4 Å². The van der Waals surface area contributed by atoms with Gasteiger partial charge in [-0.2, -0.15) is 5.26 Å². The summed E-state index contributed by atoms with van der Waals surface area (Å²) in [5.74, 6) is -0.687. The van der Waals surface area contributed by atoms with Gasteiger partial charge in [0.05, 0.1) is 23.8 Å². The van der Waals surface area contributed by atoms with Crippen LogP contribution in [0.15, 0.2) is 60.8 Å². The van der Waals surface area contributed by atoms with Crippen LogP contribution in [0.2, 0.25) is 0 Å². The Kier molecular flexibility index (Phi) is 5.26. The third kappa shape index (κ3) is 3.66. The molecule has 2 aromatic carbocycles. The molecule has 0 saturated carbocycles. The molecule has 6 heteroatoms. The normalized spacial score (nSPS) is 21.5. The van der Waals surface area contributed by atoms with Crippen LogP contribution < -0.4 is 0 Å². The maximum absolute atomic E-state index is 13.2. The number of carbonyl (C=O) groups excluding carboxylic acids is 1. The van der Waals surface area contributed by atoms with E-state index < -0.39 is 17.3 Å². The van der Waals surface area contributed by atoms with Crippen LogP contribution in [0.4, 0.5) is 4.39 Å². The predicted octanol–water partition coefficient (Wildman–Crippen LogP) is 4.91. The number of nitriles is 1. The highest BCUT2D eigenvalue weighted by Gasteiger charge is 2.48. The lowest BCUT2D eigenvalue weighted by Gasteiger charge is -2.25. The van der Waals surface area contributed by atoms with Crippen molar-refractivity contribution in [2.75, 3.05) is 13.1 Å². The van der Waals surface area contributed by atoms with E-state index in [9.17, 15) is 19.6 Å². The molecule has 0 bridgehead atoms. The van der Waals surface area contributed by atoms with Crippen LogP contribution in [-0.2, 0) is 10.8 Å². The quantitative estimate of drug-likeness (QED) is 0.609. The van der Waals surface area contributed by atoms with Crippen molar-refractivity contribution in [3.05, 3.63) is 89.0 Å². The van der Waals surface area contributed by atoms with Crippen molar-refractivity contribution in [1.29, 1.82) is 5.26 Å². The first-order chi connectivity index (χ1) is 16.2. The molecule has 2 aliphatic rings. The number of aromatic nitrogens is 1. The molecule has 1 spiro atoms. The molecule has 3 aromatic rings. The lowest BCUT2D eigenvalue weighted by atomic mass is 9.80. The summed E-state index contributed by atoms with van der Waals surface area (Å²) < 4.78 is 13.2. The minimum Gasteiger partial charge on any atom is -0.388 e. The fraction of sp³-hybridized carbons (Fsp3) is 0.321. The summed E-state index contributed by atoms with van der Waals surface area (Å²) in [6, 6.07) is 19.2. The van der Waals surface area contributed by atoms with E-state index in [4.69, 9.17) is 0 Å². The van der Waals surface area contributed by atoms with Crippen molar-refractivity contribution >= 4 is 5.91 Å². The molecule has 2 unspecified atom stereocenters. The van der Waals surface area contributed by atoms with E-state index >= 15 is 0 Å². The number of benzene rings is 2. The fourth-order valence-corrected chi connectivity index (χ4v) is 5.34. The van der Waals surface area contributed by atoms with E-state index in [1.807, 2.05) is 44.2 Å². The number of nitrogens with zero attached hydrogens (tertiary/aromatic N) is 3. The van der Waals surface area contributed by atoms with Gasteiger partial charge in [0.1, 0.15) is 11.5 Å². The Morgan fingerprint density at radius 2 is 2.00 bits per heavy atom. The number of amides is 1. The molecular formula is C28H26FN3O2. The maximum Gasteiger partial charge on any atom is 0.272 e. The Morgan fingerprint density at radius 3 is 2.74 bits per heavy atom. The summed E-state index contributed by atoms with van der Waals surface area (Å²) in [7, 11) is 0. The van der Waals surface area contributed by atoms with Crippen LogP contribution in [0.25, 0.3) is 11.1 Å². The highest BCUT2D eigenvalue weighted by molar-refractivity contribution is 5.92. The molecule has 1 fully saturated rings. The Balaban J connectivity index is 1.43. The molecule has 1 aliphatic heterocycles. The van der Waals surface area contributed by atoms with Crippen LogP contribution >= 0.6 is 0 Å². The molecule has 1 saturated heterocycles. The van der Waals surface area contributed by atoms with E-state index in [1.54, 1.807) is 4.90 Å². The van der Waals surface area contributed by atoms with Gasteiger partial charge in [0.2, 0.25) is 0 Å². The molecular weight excluding hydrogens is 429 g/mol. The van der Waals surface area contributed by atoms with E-state index in [0.29, 0.717) is 19.5 Å². The van der Waals surface area contributed by atoms with Crippen molar-refractivity contribution in [3.8, 4) is 17.2 Å². The second-order valence-electron chi connectivity index (χ2n) is 9.96. The molecule has 5 rings (SSSR count). The molecule has 1 amide bonds. The molecule has 1 aliphatic carbocycles. The van der Waals surface area contributed by atoms with Gasteiger partial charge < -0.3 is 10.0 Å². The minimum atomic E-state index is -0.604. The number of aliphatic hydroxyl groups excluding tert-OH is 1. The van der Waals surface area contributed by atoms with E-state index in [1.165, 1.54) is 12.1 Å². The van der Waals surface area contributed by atoms with Crippen molar-refractivity contribution in [3.63, 3.8) is 0 Å². The third-order valence-corrected chi connectivity index (χ3v) is 7.35. The number of fused-ring (bicyclic) bond motifs is 2. The smallest absolute Gasteiger partial charge is 0.272 e. The number of hydrogen-bond acceptors (Lipinski definition) is 4. The lowest BCUT2D eigenvalue weighted by Crippen LogP contribution is -2.33. The van der Waals surface area contributed by atoms with Crippen molar-refractivity contribution in [2.45, 2.75) is 43.6 Å². The van der Waals surface area contributed by atoms with Gasteiger partial charge in [0.15, 0.2) is 0 Å². The molecule has 34 heavy (non-hydrogen) atoms. The van der Waals surface area contributed by atoms with Gasteiger partial charge in [-0.1, -0.05) is 30.3 Å². The summed E-state index contributed by atoms with van der Waals surface area (Å²) in [4.78, 5) is 18.6. The van der Waals surface area contributed by atoms with Gasteiger partial charge in [-0.05, 0) is 78.8 Å². The highest BCUT2D eigenvalue weighted by Crippen LogP contribution is 2.51. The zero-order valence-corrected chi connectivity index (χ0v) is 19.3. The molecule has 1 aromatic heterocycles. The first kappa shape index (κ1) is 22.2. The molecule has 172 valence electrons. The number of pyridine rings is 1. The zero-order chi connectivity index (χ0) is 24.1. The van der Waals surface area contributed by atoms with Crippen LogP contribution in [0.1, 0.15) is 60.0 Å². The number of aliphatic hydroxyl groups is 1. The first-order valence-corrected chi connectivity index (χ1v) is 11.5. The Bertz CT molecular complexity index is 1310. The van der Waals surface area contributed by atoms with Gasteiger partial charge >= 0.3 is 0 Å². The van der Waals surface area contributed by atoms with E-state index in [2.05, 4.69) is 23.2 Å². The summed E-state index contributed by atoms with van der Waals surface area (Å²) in [6.45, 7) is 4.87. The average Bonchev–Trinajstić information content (AvgIpc) is 3.40. The third-order valence-electron chi connectivity index (χ3n) is 7.35. The molecule has 0 radical (unpaired) electrons. The minimum absolute atomic E-state index is 0.214. The summed E-state index contributed by atoms with van der Waals surface area (Å²) in [5, 5.41) is 20.5. The van der Waals surface area contributed by atoms with Gasteiger partial charge in [-0.15, -0.1) is 0 Å². The SMILES string of the molecule is CC(C)(C#N)c1cccc(-c2ccc3c(c2)C(O)CC32CCN(C(=O)c3ccc(F)cn3)C2)c1. The van der Waals surface area contributed by atoms with Crippen molar-refractivity contribution in [2.24, 2.45) is 0 Å². The first-order valence-electron chi connectivity index (χ1n) is 11.5. The topological polar surface area (TPSA) is 77.2 Å². The number of halogens is 1. The molecule has 5 nitrogen and oxygen atoms in total. The average molecular weight is 456 g/mol. The second kappa shape index (κ2) is 8.03. The molecule has 1 N–H and O–H groups in total. The highest BCUT2D eigenvalue weighted by atomic mass is 19.1. The Labute approximate surface area is 198 Å². The van der Waals surface area contributed by atoms with Crippen LogP contribution in [0, 0.1) is 17.1 Å². The van der Waals surface area contributed by atoms with Gasteiger partial charge in [0.25, 0.3) is 5.91 Å². The number of rotatable bonds is 3. The summed E-state index contributed by atoms with van der Waals surface area (Å²) in [5.41, 5.74) is 4.27. The lowest BCUT2D eigenvalue weighted by molar-refractivity contribution is 0.0770. The van der Waals surface area contributed by atoms with Crippen LogP contribution in [-0.4, -0.2) is 34.0 Å². The fourth-order valence-electron chi connectivity index (χ4n) is 5.34. The van der Waals surface area contributed by atoms with Crippen molar-refractivity contribution < 1.29 is 14.3 Å². The maximum atomic E-state index is 13.2. The zero-order valence-electron chi connectivity index (χ0n) is 19.3. The summed E-state index contributed by atoms with van der Waals surface area (Å²) >= 11 is 0. The number of carbonyl (C=O) groups is 1. The van der Waals surface area contributed by atoms with Crippen LogP contribution in [0.5, 0.6) is 0 Å². The number of hydrogen-bond donors (Lipinski definition) is 1. The van der Waals surface area contributed by atoms with Crippen LogP contribution in [0.3, 0.4) is 0 Å². The van der Waals surface area contributed by atoms with E-state index in [-0.39, 0.29) is 17.0 Å². The Morgan fingerprint density at radius 1 is 1.21 bits per heavy atom. The predicted molar refractivity (Wildman–Crippen MR) is 126 cm³/mol. The molecule has 2 atom stereocenters. The largest absolute Gasteiger partial charge is 0.388 e. The standard InChI is InChI=1S/C28H26FN3O2/c1-27(2,16-30)20-5-3-4-18(12-20)19-6-8-23-22(13-19)25(33)14-28(23)10-11-32(17-28)26(34)24-9-7-21(29)15-31-24/h3-9,12-13,15,25,33H,10-11,14,17H2,1-2H3. The van der Waals surface area contributed by atoms with Crippen molar-refractivity contribution in [1.82, 2.24) is 9.88 Å². The summed E-state index contributed by atoms with van der Waals surface area (Å²) in [6.07, 6.45) is 1.78. The second-order valence-corrected chi connectivity index (χ2v) is 9.96. The Hall–Kier alpha value is -3.56. The number of likely N-dealkylation sites (tertiary alicyclic amines) is 1. The molecule has 2 heterocycles. The van der Waals surface area contributed by atoms with Gasteiger partial charge in [0, 0.05) is 18.5 Å². The van der Waals surface area contributed by atoms with Gasteiger partial charge in [-0.25, -0.2) is 9.37 Å². The monoisotopic (exact) mass is 455 g/mol. The van der Waals surface area contributed by atoms with Gasteiger partial charge in [-0.3, -0.25) is 4.79 Å².